The minimum atomic E-state index is -0.983. The number of amides is 5. The Bertz CT molecular complexity index is 2220. The molecule has 1 unspecified atom stereocenters. The third-order valence-electron chi connectivity index (χ3n) is 13.1. The van der Waals surface area contributed by atoms with E-state index in [-0.39, 0.29) is 35.3 Å². The van der Waals surface area contributed by atoms with Crippen molar-refractivity contribution in [1.82, 2.24) is 30.2 Å². The maximum atomic E-state index is 13.4. The topological polar surface area (TPSA) is 166 Å². The Morgan fingerprint density at radius 2 is 1.64 bits per heavy atom. The summed E-state index contributed by atoms with van der Waals surface area (Å²) in [5.74, 6) is -0.906. The van der Waals surface area contributed by atoms with Crippen LogP contribution in [0.25, 0.3) is 0 Å². The monoisotopic (exact) mass is 804 g/mol. The van der Waals surface area contributed by atoms with Gasteiger partial charge in [0.2, 0.25) is 11.8 Å². The van der Waals surface area contributed by atoms with Gasteiger partial charge in [-0.1, -0.05) is 11.6 Å². The number of hydrogen-bond acceptors (Lipinski definition) is 12. The van der Waals surface area contributed by atoms with Crippen molar-refractivity contribution >= 4 is 58.3 Å². The first-order valence-electron chi connectivity index (χ1n) is 20.2. The lowest BCUT2D eigenvalue weighted by Crippen LogP contribution is -2.55. The standard InChI is InChI=1S/C42H45ClN10O5/c1-26-20-42(25-52(26)30-3-2-28(21-44)33(43)19-30)10-12-49(13-11-42)36-8-6-34(46-47-36)41(58)50-16-14-48(15-17-50)22-27-23-51(24-27)29-4-5-31-32(18-29)40(57)53(39(31)56)35-7-9-37(54)45-38(35)55/h2-6,8,18-19,26-27,35H,7,9-17,20,22-25H2,1H3,(H,45,54,55)/t26-,35?/m0/s1. The van der Waals surface area contributed by atoms with Gasteiger partial charge in [0, 0.05) is 95.2 Å². The molecule has 1 N–H and O–H groups in total. The Morgan fingerprint density at radius 3 is 2.33 bits per heavy atom. The van der Waals surface area contributed by atoms with E-state index in [0.717, 1.165) is 93.7 Å². The molecule has 300 valence electrons. The van der Waals surface area contributed by atoms with E-state index in [2.05, 4.69) is 48.1 Å². The van der Waals surface area contributed by atoms with Gasteiger partial charge in [0.05, 0.1) is 21.7 Å². The molecule has 7 heterocycles. The number of halogens is 1. The van der Waals surface area contributed by atoms with Gasteiger partial charge >= 0.3 is 0 Å². The first kappa shape index (κ1) is 38.0. The number of anilines is 3. The van der Waals surface area contributed by atoms with Crippen LogP contribution in [0.5, 0.6) is 0 Å². The summed E-state index contributed by atoms with van der Waals surface area (Å²) in [5.41, 5.74) is 3.54. The van der Waals surface area contributed by atoms with Gasteiger partial charge in [-0.3, -0.25) is 39.1 Å². The van der Waals surface area contributed by atoms with E-state index in [1.807, 2.05) is 29.2 Å². The maximum Gasteiger partial charge on any atom is 0.274 e. The third kappa shape index (κ3) is 6.91. The van der Waals surface area contributed by atoms with Crippen LogP contribution in [0.4, 0.5) is 17.2 Å². The summed E-state index contributed by atoms with van der Waals surface area (Å²) in [5, 5.41) is 20.9. The smallest absolute Gasteiger partial charge is 0.274 e. The normalized spacial score (nSPS) is 23.6. The molecule has 15 nitrogen and oxygen atoms in total. The Hall–Kier alpha value is -5.59. The Kier molecular flexibility index (Phi) is 9.80. The number of rotatable bonds is 7. The molecule has 58 heavy (non-hydrogen) atoms. The molecule has 3 aromatic rings. The second kappa shape index (κ2) is 15.0. The van der Waals surface area contributed by atoms with Gasteiger partial charge in [0.25, 0.3) is 17.7 Å². The van der Waals surface area contributed by atoms with Crippen LogP contribution in [-0.2, 0) is 9.59 Å². The third-order valence-corrected chi connectivity index (χ3v) is 13.4. The summed E-state index contributed by atoms with van der Waals surface area (Å²) in [7, 11) is 0. The van der Waals surface area contributed by atoms with Crippen molar-refractivity contribution in [3.05, 3.63) is 75.9 Å². The lowest BCUT2D eigenvalue weighted by molar-refractivity contribution is -0.136. The van der Waals surface area contributed by atoms with Crippen LogP contribution in [0.1, 0.15) is 75.8 Å². The lowest BCUT2D eigenvalue weighted by Gasteiger charge is -2.44. The maximum absolute atomic E-state index is 13.4. The van der Waals surface area contributed by atoms with E-state index >= 15 is 0 Å². The quantitative estimate of drug-likeness (QED) is 0.348. The second-order valence-electron chi connectivity index (χ2n) is 16.8. The molecule has 2 aromatic carbocycles. The van der Waals surface area contributed by atoms with E-state index in [0.29, 0.717) is 41.3 Å². The predicted molar refractivity (Wildman–Crippen MR) is 215 cm³/mol. The lowest BCUT2D eigenvalue weighted by atomic mass is 9.77. The predicted octanol–water partition coefficient (Wildman–Crippen LogP) is 3.18. The molecule has 9 rings (SSSR count). The van der Waals surface area contributed by atoms with Gasteiger partial charge in [0.1, 0.15) is 12.1 Å². The number of nitriles is 1. The minimum absolute atomic E-state index is 0.0834. The first-order chi connectivity index (χ1) is 28.0. The highest BCUT2D eigenvalue weighted by molar-refractivity contribution is 6.32. The van der Waals surface area contributed by atoms with Crippen LogP contribution in [-0.4, -0.2) is 132 Å². The number of fused-ring (bicyclic) bond motifs is 1. The van der Waals surface area contributed by atoms with Gasteiger partial charge in [-0.05, 0) is 86.6 Å². The van der Waals surface area contributed by atoms with Crippen molar-refractivity contribution in [2.45, 2.75) is 51.1 Å². The zero-order chi connectivity index (χ0) is 40.3. The number of benzene rings is 2. The molecule has 5 saturated heterocycles. The number of nitrogens with zero attached hydrogens (tertiary/aromatic N) is 9. The zero-order valence-corrected chi connectivity index (χ0v) is 33.2. The summed E-state index contributed by atoms with van der Waals surface area (Å²) in [6.45, 7) is 10.2. The molecule has 0 radical (unpaired) electrons. The number of nitrogens with one attached hydrogen (secondary N) is 1. The number of piperazine rings is 1. The number of aromatic nitrogens is 2. The van der Waals surface area contributed by atoms with E-state index in [1.165, 1.54) is 0 Å². The molecule has 5 fully saturated rings. The van der Waals surface area contributed by atoms with E-state index in [1.54, 1.807) is 24.3 Å². The van der Waals surface area contributed by atoms with Gasteiger partial charge in [-0.15, -0.1) is 10.2 Å². The summed E-state index contributed by atoms with van der Waals surface area (Å²) < 4.78 is 0. The first-order valence-corrected chi connectivity index (χ1v) is 20.5. The summed E-state index contributed by atoms with van der Waals surface area (Å²) in [4.78, 5) is 75.9. The minimum Gasteiger partial charge on any atom is -0.371 e. The fourth-order valence-corrected chi connectivity index (χ4v) is 10.0. The van der Waals surface area contributed by atoms with Gasteiger partial charge in [-0.25, -0.2) is 0 Å². The number of carbonyl (C=O) groups excluding carboxylic acids is 5. The van der Waals surface area contributed by atoms with Crippen LogP contribution < -0.4 is 20.0 Å². The summed E-state index contributed by atoms with van der Waals surface area (Å²) in [6.07, 6.45) is 3.38. The van der Waals surface area contributed by atoms with Crippen LogP contribution >= 0.6 is 11.6 Å². The van der Waals surface area contributed by atoms with Crippen LogP contribution in [0.15, 0.2) is 48.5 Å². The average molecular weight is 805 g/mol. The summed E-state index contributed by atoms with van der Waals surface area (Å²) >= 11 is 6.36. The largest absolute Gasteiger partial charge is 0.371 e. The van der Waals surface area contributed by atoms with Crippen LogP contribution in [0, 0.1) is 22.7 Å². The van der Waals surface area contributed by atoms with E-state index in [9.17, 15) is 29.2 Å². The molecule has 6 aliphatic heterocycles. The number of carbonyl (C=O) groups is 5. The highest BCUT2D eigenvalue weighted by Gasteiger charge is 2.46. The average Bonchev–Trinajstić information content (AvgIpc) is 3.66. The highest BCUT2D eigenvalue weighted by Crippen LogP contribution is 2.46. The van der Waals surface area contributed by atoms with Crippen molar-refractivity contribution in [1.29, 1.82) is 5.26 Å². The molecular formula is C42H45ClN10O5. The summed E-state index contributed by atoms with van der Waals surface area (Å²) in [6, 6.07) is 16.2. The van der Waals surface area contributed by atoms with Crippen molar-refractivity contribution in [2.75, 3.05) is 80.1 Å². The van der Waals surface area contributed by atoms with Gasteiger partial charge in [-0.2, -0.15) is 5.26 Å². The molecule has 1 spiro atoms. The van der Waals surface area contributed by atoms with E-state index in [4.69, 9.17) is 11.6 Å². The molecule has 5 amide bonds. The van der Waals surface area contributed by atoms with Crippen molar-refractivity contribution in [3.63, 3.8) is 0 Å². The van der Waals surface area contributed by atoms with Gasteiger partial charge in [0.15, 0.2) is 11.5 Å². The van der Waals surface area contributed by atoms with Crippen LogP contribution in [0.3, 0.4) is 0 Å². The molecule has 1 aromatic heterocycles. The van der Waals surface area contributed by atoms with Crippen LogP contribution in [0.2, 0.25) is 5.02 Å². The fraction of sp³-hybridized carbons (Fsp3) is 0.476. The molecule has 0 saturated carbocycles. The Morgan fingerprint density at radius 1 is 0.897 bits per heavy atom. The molecule has 0 bridgehead atoms. The fourth-order valence-electron chi connectivity index (χ4n) is 9.83. The number of piperidine rings is 2. The second-order valence-corrected chi connectivity index (χ2v) is 17.2. The molecule has 16 heteroatoms. The molecular weight excluding hydrogens is 760 g/mol. The van der Waals surface area contributed by atoms with Gasteiger partial charge < -0.3 is 19.6 Å². The highest BCUT2D eigenvalue weighted by atomic mass is 35.5. The Labute approximate surface area is 341 Å². The van der Waals surface area contributed by atoms with E-state index < -0.39 is 29.7 Å². The number of imide groups is 2. The number of hydrogen-bond donors (Lipinski definition) is 1. The Balaban J connectivity index is 0.721. The van der Waals surface area contributed by atoms with Crippen molar-refractivity contribution in [2.24, 2.45) is 11.3 Å². The zero-order valence-electron chi connectivity index (χ0n) is 32.4. The molecule has 2 atom stereocenters. The molecule has 6 aliphatic rings. The van der Waals surface area contributed by atoms with Crippen molar-refractivity contribution in [3.8, 4) is 6.07 Å². The molecule has 0 aliphatic carbocycles. The SMILES string of the molecule is C[C@H]1CC2(CCN(c3ccc(C(=O)N4CCN(CC5CN(c6ccc7c(c6)C(=O)N(C6CCC(=O)NC6=O)C7=O)C5)CC4)nn3)CC2)CN1c1ccc(C#N)c(Cl)c1. The van der Waals surface area contributed by atoms with Crippen molar-refractivity contribution < 1.29 is 24.0 Å².